The van der Waals surface area contributed by atoms with Gasteiger partial charge in [-0.1, -0.05) is 5.10 Å². The van der Waals surface area contributed by atoms with E-state index in [1.807, 2.05) is 20.8 Å². The Labute approximate surface area is 114 Å². The van der Waals surface area contributed by atoms with Crippen LogP contribution in [0.15, 0.2) is 4.42 Å². The van der Waals surface area contributed by atoms with Gasteiger partial charge in [-0.05, 0) is 20.8 Å². The van der Waals surface area contributed by atoms with Crippen LogP contribution in [-0.4, -0.2) is 49.2 Å². The molecule has 0 aromatic carbocycles. The number of aromatic nitrogens is 2. The second-order valence-corrected chi connectivity index (χ2v) is 4.72. The van der Waals surface area contributed by atoms with E-state index in [1.54, 1.807) is 7.11 Å². The molecule has 7 nitrogen and oxygen atoms in total. The van der Waals surface area contributed by atoms with E-state index in [0.29, 0.717) is 38.2 Å². The maximum absolute atomic E-state index is 5.57. The largest absolute Gasteiger partial charge is 0.407 e. The fraction of sp³-hybridized carbons (Fsp3) is 0.833. The molecule has 0 bridgehead atoms. The fourth-order valence-electron chi connectivity index (χ4n) is 1.50. The van der Waals surface area contributed by atoms with E-state index in [-0.39, 0.29) is 5.60 Å². The molecule has 0 saturated carbocycles. The van der Waals surface area contributed by atoms with Crippen molar-refractivity contribution in [3.05, 3.63) is 5.89 Å². The molecule has 0 spiro atoms. The van der Waals surface area contributed by atoms with Gasteiger partial charge in [-0.3, -0.25) is 0 Å². The van der Waals surface area contributed by atoms with Crippen molar-refractivity contribution in [3.8, 4) is 0 Å². The smallest absolute Gasteiger partial charge is 0.315 e. The molecule has 0 aliphatic carbocycles. The minimum Gasteiger partial charge on any atom is -0.407 e. The van der Waals surface area contributed by atoms with Gasteiger partial charge in [-0.25, -0.2) is 0 Å². The molecule has 1 aromatic rings. The van der Waals surface area contributed by atoms with Gasteiger partial charge < -0.3 is 24.5 Å². The highest BCUT2D eigenvalue weighted by molar-refractivity contribution is 5.17. The summed E-state index contributed by atoms with van der Waals surface area (Å²) < 4.78 is 15.9. The van der Waals surface area contributed by atoms with Crippen molar-refractivity contribution in [2.75, 3.05) is 38.7 Å². The summed E-state index contributed by atoms with van der Waals surface area (Å²) in [4.78, 5) is 0. The first-order valence-corrected chi connectivity index (χ1v) is 6.47. The first kappa shape index (κ1) is 15.9. The molecule has 0 saturated heterocycles. The molecule has 0 aliphatic rings. The number of ether oxygens (including phenoxy) is 2. The van der Waals surface area contributed by atoms with Crippen LogP contribution in [0.1, 0.15) is 26.7 Å². The summed E-state index contributed by atoms with van der Waals surface area (Å²) in [6.07, 6.45) is 0. The third kappa shape index (κ3) is 6.51. The average molecular weight is 272 g/mol. The second kappa shape index (κ2) is 8.08. The van der Waals surface area contributed by atoms with Crippen molar-refractivity contribution >= 4 is 6.01 Å². The molecule has 1 rings (SSSR count). The van der Waals surface area contributed by atoms with E-state index in [9.17, 15) is 0 Å². The summed E-state index contributed by atoms with van der Waals surface area (Å²) >= 11 is 0. The molecular weight excluding hydrogens is 248 g/mol. The van der Waals surface area contributed by atoms with Gasteiger partial charge in [0, 0.05) is 26.8 Å². The summed E-state index contributed by atoms with van der Waals surface area (Å²) in [7, 11) is 1.66. The van der Waals surface area contributed by atoms with Gasteiger partial charge in [-0.15, -0.1) is 5.10 Å². The number of anilines is 1. The normalized spacial score (nSPS) is 11.8. The molecule has 0 aliphatic heterocycles. The Hall–Kier alpha value is -1.18. The van der Waals surface area contributed by atoms with Gasteiger partial charge in [0.25, 0.3) is 0 Å². The molecular formula is C12H24N4O3. The second-order valence-electron chi connectivity index (χ2n) is 4.72. The Kier molecular flexibility index (Phi) is 6.75. The van der Waals surface area contributed by atoms with Crippen LogP contribution in [0.2, 0.25) is 0 Å². The lowest BCUT2D eigenvalue weighted by Crippen LogP contribution is -2.33. The van der Waals surface area contributed by atoms with Gasteiger partial charge in [-0.2, -0.15) is 0 Å². The summed E-state index contributed by atoms with van der Waals surface area (Å²) in [6, 6.07) is 0.413. The zero-order valence-corrected chi connectivity index (χ0v) is 12.2. The minimum atomic E-state index is -0.264. The zero-order chi connectivity index (χ0) is 14.1. The minimum absolute atomic E-state index is 0.264. The Morgan fingerprint density at radius 3 is 2.79 bits per heavy atom. The Balaban J connectivity index is 2.30. The van der Waals surface area contributed by atoms with E-state index in [2.05, 4.69) is 20.8 Å². The lowest BCUT2D eigenvalue weighted by atomic mass is 10.1. The Morgan fingerprint density at radius 2 is 2.11 bits per heavy atom. The van der Waals surface area contributed by atoms with Crippen molar-refractivity contribution in [2.45, 2.75) is 32.9 Å². The highest BCUT2D eigenvalue weighted by atomic mass is 16.5. The number of nitrogens with zero attached hydrogens (tertiary/aromatic N) is 2. The van der Waals surface area contributed by atoms with Crippen LogP contribution in [0.5, 0.6) is 0 Å². The van der Waals surface area contributed by atoms with Crippen LogP contribution >= 0.6 is 0 Å². The highest BCUT2D eigenvalue weighted by Crippen LogP contribution is 2.11. The van der Waals surface area contributed by atoms with Crippen LogP contribution in [0.25, 0.3) is 0 Å². The van der Waals surface area contributed by atoms with Gasteiger partial charge in [0.15, 0.2) is 0 Å². The third-order valence-electron chi connectivity index (χ3n) is 2.43. The number of nitrogens with one attached hydrogen (secondary N) is 2. The molecule has 1 heterocycles. The Bertz CT molecular complexity index is 354. The maximum atomic E-state index is 5.57. The summed E-state index contributed by atoms with van der Waals surface area (Å²) in [5.41, 5.74) is -0.264. The summed E-state index contributed by atoms with van der Waals surface area (Å²) in [5.74, 6) is 0.549. The number of methoxy groups -OCH3 is 1. The first-order chi connectivity index (χ1) is 9.07. The predicted octanol–water partition coefficient (Wildman–Crippen LogP) is 1.03. The quantitative estimate of drug-likeness (QED) is 0.616. The molecule has 2 N–H and O–H groups in total. The molecule has 19 heavy (non-hydrogen) atoms. The van der Waals surface area contributed by atoms with E-state index in [1.165, 1.54) is 0 Å². The maximum Gasteiger partial charge on any atom is 0.315 e. The Morgan fingerprint density at radius 1 is 1.32 bits per heavy atom. The molecule has 0 amide bonds. The topological polar surface area (TPSA) is 81.4 Å². The van der Waals surface area contributed by atoms with Gasteiger partial charge in [0.05, 0.1) is 18.8 Å². The predicted molar refractivity (Wildman–Crippen MR) is 72.1 cm³/mol. The number of hydrogen-bond acceptors (Lipinski definition) is 7. The highest BCUT2D eigenvalue weighted by Gasteiger charge is 2.18. The van der Waals surface area contributed by atoms with Gasteiger partial charge >= 0.3 is 6.01 Å². The third-order valence-corrected chi connectivity index (χ3v) is 2.43. The SMILES string of the molecule is CCOC(C)(C)CNc1nnc(CNCCOC)o1. The van der Waals surface area contributed by atoms with Gasteiger partial charge in [0.1, 0.15) is 0 Å². The molecule has 0 atom stereocenters. The van der Waals surface area contributed by atoms with Crippen LogP contribution in [-0.2, 0) is 16.0 Å². The molecule has 0 fully saturated rings. The van der Waals surface area contributed by atoms with Gasteiger partial charge in [0.2, 0.25) is 5.89 Å². The summed E-state index contributed by atoms with van der Waals surface area (Å²) in [5, 5.41) is 14.1. The number of rotatable bonds is 10. The summed E-state index contributed by atoms with van der Waals surface area (Å²) in [6.45, 7) is 9.21. The van der Waals surface area contributed by atoms with E-state index in [0.717, 1.165) is 6.54 Å². The monoisotopic (exact) mass is 272 g/mol. The zero-order valence-electron chi connectivity index (χ0n) is 12.2. The lowest BCUT2D eigenvalue weighted by molar-refractivity contribution is 0.000338. The van der Waals surface area contributed by atoms with E-state index < -0.39 is 0 Å². The van der Waals surface area contributed by atoms with Crippen molar-refractivity contribution in [1.29, 1.82) is 0 Å². The molecule has 110 valence electrons. The molecule has 0 radical (unpaired) electrons. The molecule has 0 unspecified atom stereocenters. The van der Waals surface area contributed by atoms with Crippen molar-refractivity contribution < 1.29 is 13.9 Å². The van der Waals surface area contributed by atoms with Crippen molar-refractivity contribution in [2.24, 2.45) is 0 Å². The van der Waals surface area contributed by atoms with E-state index >= 15 is 0 Å². The van der Waals surface area contributed by atoms with Crippen LogP contribution in [0.3, 0.4) is 0 Å². The van der Waals surface area contributed by atoms with Crippen molar-refractivity contribution in [3.63, 3.8) is 0 Å². The average Bonchev–Trinajstić information content (AvgIpc) is 2.80. The van der Waals surface area contributed by atoms with Crippen molar-refractivity contribution in [1.82, 2.24) is 15.5 Å². The molecule has 1 aromatic heterocycles. The fourth-order valence-corrected chi connectivity index (χ4v) is 1.50. The van der Waals surface area contributed by atoms with E-state index in [4.69, 9.17) is 13.9 Å². The standard InChI is InChI=1S/C12H24N4O3/c1-5-18-12(2,3)9-14-11-16-15-10(19-11)8-13-6-7-17-4/h13H,5-9H2,1-4H3,(H,14,16). The molecule has 7 heteroatoms. The lowest BCUT2D eigenvalue weighted by Gasteiger charge is -2.24. The van der Waals surface area contributed by atoms with Crippen LogP contribution in [0.4, 0.5) is 6.01 Å². The van der Waals surface area contributed by atoms with Crippen LogP contribution in [0, 0.1) is 0 Å². The number of hydrogen-bond donors (Lipinski definition) is 2. The van der Waals surface area contributed by atoms with Crippen LogP contribution < -0.4 is 10.6 Å². The first-order valence-electron chi connectivity index (χ1n) is 6.47.